The molecule has 0 amide bonds. The molecule has 110 valence electrons. The van der Waals surface area contributed by atoms with Crippen LogP contribution in [0.4, 0.5) is 5.95 Å². The fraction of sp³-hybridized carbons (Fsp3) is 0.417. The Bertz CT molecular complexity index is 458. The van der Waals surface area contributed by atoms with Crippen LogP contribution in [0.1, 0.15) is 0 Å². The lowest BCUT2D eigenvalue weighted by Crippen LogP contribution is -2.51. The van der Waals surface area contributed by atoms with E-state index in [2.05, 4.69) is 26.4 Å². The summed E-state index contributed by atoms with van der Waals surface area (Å²) in [5.74, 6) is 1.27. The lowest BCUT2D eigenvalue weighted by molar-refractivity contribution is 0.378. The van der Waals surface area contributed by atoms with Gasteiger partial charge in [-0.25, -0.2) is 15.0 Å². The molecule has 2 N–H and O–H groups in total. The van der Waals surface area contributed by atoms with Crippen molar-refractivity contribution >= 4 is 47.5 Å². The Balaban J connectivity index is 0.00000200. The van der Waals surface area contributed by atoms with Gasteiger partial charge in [-0.2, -0.15) is 0 Å². The summed E-state index contributed by atoms with van der Waals surface area (Å²) < 4.78 is 0. The quantitative estimate of drug-likeness (QED) is 0.463. The zero-order chi connectivity index (χ0) is 13.7. The Morgan fingerprint density at radius 1 is 1.30 bits per heavy atom. The molecule has 0 spiro atoms. The van der Waals surface area contributed by atoms with E-state index < -0.39 is 0 Å². The molecule has 0 bridgehead atoms. The maximum atomic E-state index is 5.91. The summed E-state index contributed by atoms with van der Waals surface area (Å²) in [6.07, 6.45) is 3.49. The van der Waals surface area contributed by atoms with Gasteiger partial charge in [-0.15, -0.1) is 24.0 Å². The second-order valence-corrected chi connectivity index (χ2v) is 4.75. The van der Waals surface area contributed by atoms with Crippen molar-refractivity contribution in [1.29, 1.82) is 0 Å². The van der Waals surface area contributed by atoms with Gasteiger partial charge in [-0.3, -0.25) is 0 Å². The average Bonchev–Trinajstić information content (AvgIpc) is 2.46. The van der Waals surface area contributed by atoms with Crippen LogP contribution in [0.5, 0.6) is 0 Å². The maximum Gasteiger partial charge on any atom is 0.225 e. The van der Waals surface area contributed by atoms with Crippen LogP contribution < -0.4 is 10.6 Å². The molecule has 0 unspecified atom stereocenters. The lowest BCUT2D eigenvalue weighted by atomic mass is 10.3. The number of guanidine groups is 1. The van der Waals surface area contributed by atoms with Gasteiger partial charge in [-0.1, -0.05) is 18.2 Å². The van der Waals surface area contributed by atoms with E-state index in [1.165, 1.54) is 0 Å². The minimum atomic E-state index is 0. The van der Waals surface area contributed by atoms with Crippen molar-refractivity contribution in [2.75, 3.05) is 37.6 Å². The molecule has 0 aromatic carbocycles. The first-order chi connectivity index (χ1) is 9.16. The molecule has 0 radical (unpaired) electrons. The van der Waals surface area contributed by atoms with Crippen LogP contribution in [0.25, 0.3) is 0 Å². The zero-order valence-electron chi connectivity index (χ0n) is 11.1. The second kappa shape index (κ2) is 8.25. The summed E-state index contributed by atoms with van der Waals surface area (Å²) in [7, 11) is 0. The van der Waals surface area contributed by atoms with Gasteiger partial charge in [0.15, 0.2) is 5.96 Å². The third-order valence-corrected chi connectivity index (χ3v) is 2.97. The third-order valence-electron chi connectivity index (χ3n) is 2.85. The molecule has 20 heavy (non-hydrogen) atoms. The summed E-state index contributed by atoms with van der Waals surface area (Å²) in [5.41, 5.74) is 5.91. The molecule has 1 saturated heterocycles. The molecule has 1 aliphatic heterocycles. The van der Waals surface area contributed by atoms with Gasteiger partial charge in [-0.05, 0) is 6.07 Å². The summed E-state index contributed by atoms with van der Waals surface area (Å²) in [4.78, 5) is 16.8. The van der Waals surface area contributed by atoms with Crippen molar-refractivity contribution < 1.29 is 0 Å². The summed E-state index contributed by atoms with van der Waals surface area (Å²) in [5, 5.41) is 0.485. The number of halogens is 2. The molecule has 1 fully saturated rings. The molecule has 2 rings (SSSR count). The van der Waals surface area contributed by atoms with Gasteiger partial charge < -0.3 is 15.5 Å². The predicted octanol–water partition coefficient (Wildman–Crippen LogP) is 1.28. The van der Waals surface area contributed by atoms with Crippen molar-refractivity contribution in [3.63, 3.8) is 0 Å². The highest BCUT2D eigenvalue weighted by molar-refractivity contribution is 14.0. The molecule has 0 atom stereocenters. The molecular formula is C12H18ClIN6. The Morgan fingerprint density at radius 2 is 1.90 bits per heavy atom. The van der Waals surface area contributed by atoms with Crippen LogP contribution >= 0.6 is 35.6 Å². The fourth-order valence-electron chi connectivity index (χ4n) is 1.86. The highest BCUT2D eigenvalue weighted by Gasteiger charge is 2.19. The van der Waals surface area contributed by atoms with Gasteiger partial charge in [0.05, 0.1) is 6.54 Å². The van der Waals surface area contributed by atoms with Crippen molar-refractivity contribution in [3.8, 4) is 0 Å². The van der Waals surface area contributed by atoms with Crippen LogP contribution in [0.3, 0.4) is 0 Å². The number of rotatable bonds is 3. The van der Waals surface area contributed by atoms with E-state index in [1.54, 1.807) is 12.4 Å². The lowest BCUT2D eigenvalue weighted by Gasteiger charge is -2.35. The molecule has 6 nitrogen and oxygen atoms in total. The normalized spacial score (nSPS) is 15.8. The van der Waals surface area contributed by atoms with Crippen LogP contribution in [-0.4, -0.2) is 53.6 Å². The number of hydrogen-bond acceptors (Lipinski definition) is 4. The Hall–Kier alpha value is -1.09. The molecule has 1 aliphatic rings. The minimum absolute atomic E-state index is 0. The smallest absolute Gasteiger partial charge is 0.225 e. The first-order valence-electron chi connectivity index (χ1n) is 6.07. The summed E-state index contributed by atoms with van der Waals surface area (Å²) in [6.45, 7) is 7.17. The Kier molecular flexibility index (Phi) is 7.00. The molecule has 0 saturated carbocycles. The number of aliphatic imine (C=N–C) groups is 1. The monoisotopic (exact) mass is 408 g/mol. The number of piperazine rings is 1. The topological polar surface area (TPSA) is 70.6 Å². The van der Waals surface area contributed by atoms with Gasteiger partial charge in [0.1, 0.15) is 0 Å². The largest absolute Gasteiger partial charge is 0.370 e. The van der Waals surface area contributed by atoms with E-state index in [1.807, 2.05) is 11.0 Å². The van der Waals surface area contributed by atoms with Crippen molar-refractivity contribution in [2.24, 2.45) is 10.7 Å². The van der Waals surface area contributed by atoms with Crippen LogP contribution in [-0.2, 0) is 0 Å². The van der Waals surface area contributed by atoms with Gasteiger partial charge in [0, 0.05) is 43.6 Å². The van der Waals surface area contributed by atoms with Crippen LogP contribution in [0.2, 0.25) is 0 Å². The van der Waals surface area contributed by atoms with Crippen molar-refractivity contribution in [3.05, 3.63) is 30.1 Å². The summed E-state index contributed by atoms with van der Waals surface area (Å²) in [6, 6.07) is 1.81. The van der Waals surface area contributed by atoms with E-state index in [9.17, 15) is 0 Å². The number of nitrogens with two attached hydrogens (primary N) is 1. The van der Waals surface area contributed by atoms with E-state index >= 15 is 0 Å². The van der Waals surface area contributed by atoms with E-state index in [0.29, 0.717) is 17.5 Å². The van der Waals surface area contributed by atoms with Crippen LogP contribution in [0, 0.1) is 0 Å². The molecule has 8 heteroatoms. The van der Waals surface area contributed by atoms with Crippen molar-refractivity contribution in [1.82, 2.24) is 14.9 Å². The molecule has 2 heterocycles. The maximum absolute atomic E-state index is 5.91. The van der Waals surface area contributed by atoms with Crippen LogP contribution in [0.15, 0.2) is 35.1 Å². The molecule has 0 aliphatic carbocycles. The number of aromatic nitrogens is 2. The third kappa shape index (κ3) is 4.78. The summed E-state index contributed by atoms with van der Waals surface area (Å²) >= 11 is 5.66. The zero-order valence-corrected chi connectivity index (χ0v) is 14.2. The number of hydrogen-bond donors (Lipinski definition) is 1. The Labute approximate surface area is 140 Å². The number of anilines is 1. The molecule has 1 aromatic heterocycles. The standard InChI is InChI=1S/C12H17ClN6.HI/c1-10(13)9-17-11(14)18-5-7-19(8-6-18)12-15-3-2-4-16-12;/h2-4H,1,5-9H2,(H2,14,17);1H. The second-order valence-electron chi connectivity index (χ2n) is 4.21. The van der Waals surface area contributed by atoms with Crippen molar-refractivity contribution in [2.45, 2.75) is 0 Å². The SMILES string of the molecule is C=C(Cl)CN=C(N)N1CCN(c2ncccn2)CC1.I. The van der Waals surface area contributed by atoms with E-state index in [-0.39, 0.29) is 24.0 Å². The highest BCUT2D eigenvalue weighted by Crippen LogP contribution is 2.09. The fourth-order valence-corrected chi connectivity index (χ4v) is 1.92. The minimum Gasteiger partial charge on any atom is -0.370 e. The molecule has 1 aromatic rings. The van der Waals surface area contributed by atoms with E-state index in [0.717, 1.165) is 32.1 Å². The molecular weight excluding hydrogens is 391 g/mol. The first kappa shape index (κ1) is 17.0. The Morgan fingerprint density at radius 3 is 2.45 bits per heavy atom. The van der Waals surface area contributed by atoms with Gasteiger partial charge in [0.2, 0.25) is 5.95 Å². The number of nitrogens with zero attached hydrogens (tertiary/aromatic N) is 5. The highest BCUT2D eigenvalue weighted by atomic mass is 127. The van der Waals surface area contributed by atoms with Gasteiger partial charge >= 0.3 is 0 Å². The van der Waals surface area contributed by atoms with Gasteiger partial charge in [0.25, 0.3) is 0 Å². The predicted molar refractivity (Wildman–Crippen MR) is 92.7 cm³/mol. The average molecular weight is 409 g/mol. The van der Waals surface area contributed by atoms with E-state index in [4.69, 9.17) is 17.3 Å². The first-order valence-corrected chi connectivity index (χ1v) is 6.44.